The number of fused-ring (bicyclic) bond motifs is 3. The van der Waals surface area contributed by atoms with E-state index in [0.29, 0.717) is 5.39 Å². The number of rotatable bonds is 5. The van der Waals surface area contributed by atoms with Crippen LogP contribution in [-0.2, 0) is 24.2 Å². The number of aromatic nitrogens is 2. The molecule has 0 saturated heterocycles. The van der Waals surface area contributed by atoms with Gasteiger partial charge in [0.2, 0.25) is 5.91 Å². The Bertz CT molecular complexity index is 1220. The molecule has 0 radical (unpaired) electrons. The minimum atomic E-state index is -0.280. The lowest BCUT2D eigenvalue weighted by Gasteiger charge is -2.20. The molecule has 1 amide bonds. The summed E-state index contributed by atoms with van der Waals surface area (Å²) in [5.74, 6) is -0.220. The van der Waals surface area contributed by atoms with Gasteiger partial charge in [0, 0.05) is 4.88 Å². The Morgan fingerprint density at radius 3 is 2.37 bits per heavy atom. The minimum Gasteiger partial charge on any atom is -0.344 e. The van der Waals surface area contributed by atoms with E-state index < -0.39 is 0 Å². The number of thiophene rings is 1. The van der Waals surface area contributed by atoms with Gasteiger partial charge in [0.1, 0.15) is 11.4 Å². The first-order valence-electron chi connectivity index (χ1n) is 10.1. The summed E-state index contributed by atoms with van der Waals surface area (Å²) in [5.41, 5.74) is 3.00. The summed E-state index contributed by atoms with van der Waals surface area (Å²) in [6.45, 7) is -0.0530. The number of carbonyl (C=O) groups is 1. The van der Waals surface area contributed by atoms with Crippen LogP contribution in [0, 0.1) is 0 Å². The number of carbonyl (C=O) groups excluding carboxylic acids is 1. The molecule has 2 aromatic carbocycles. The van der Waals surface area contributed by atoms with Crippen molar-refractivity contribution in [2.45, 2.75) is 31.8 Å². The highest BCUT2D eigenvalue weighted by atomic mass is 32.1. The molecule has 1 N–H and O–H groups in total. The van der Waals surface area contributed by atoms with E-state index in [2.05, 4.69) is 10.3 Å². The third-order valence-corrected chi connectivity index (χ3v) is 6.78. The van der Waals surface area contributed by atoms with Crippen molar-refractivity contribution in [1.82, 2.24) is 14.9 Å². The molecule has 0 unspecified atom stereocenters. The summed E-state index contributed by atoms with van der Waals surface area (Å²) in [6, 6.07) is 19.4. The highest BCUT2D eigenvalue weighted by Crippen LogP contribution is 2.34. The van der Waals surface area contributed by atoms with Gasteiger partial charge in [0.05, 0.1) is 17.8 Å². The average Bonchev–Trinajstić information content (AvgIpc) is 3.37. The number of hydrogen-bond donors (Lipinski definition) is 1. The zero-order valence-electron chi connectivity index (χ0n) is 16.4. The third kappa shape index (κ3) is 3.44. The maximum absolute atomic E-state index is 13.1. The molecule has 0 spiro atoms. The van der Waals surface area contributed by atoms with Crippen LogP contribution in [0.3, 0.4) is 0 Å². The molecule has 0 aliphatic heterocycles. The maximum atomic E-state index is 13.1. The molecule has 6 heteroatoms. The van der Waals surface area contributed by atoms with Crippen molar-refractivity contribution in [2.75, 3.05) is 0 Å². The molecule has 0 saturated carbocycles. The first kappa shape index (κ1) is 18.8. The molecular formula is C24H21N3O2S. The Labute approximate surface area is 178 Å². The second-order valence-electron chi connectivity index (χ2n) is 7.54. The number of benzene rings is 2. The fourth-order valence-electron chi connectivity index (χ4n) is 4.14. The second-order valence-corrected chi connectivity index (χ2v) is 8.62. The molecule has 1 aliphatic rings. The van der Waals surface area contributed by atoms with E-state index in [4.69, 9.17) is 0 Å². The highest BCUT2D eigenvalue weighted by Gasteiger charge is 2.22. The molecule has 1 aliphatic carbocycles. The van der Waals surface area contributed by atoms with E-state index in [0.717, 1.165) is 40.8 Å². The molecular weight excluding hydrogens is 394 g/mol. The first-order valence-corrected chi connectivity index (χ1v) is 10.9. The van der Waals surface area contributed by atoms with Crippen LogP contribution in [-0.4, -0.2) is 15.5 Å². The highest BCUT2D eigenvalue weighted by molar-refractivity contribution is 7.18. The van der Waals surface area contributed by atoms with Crippen LogP contribution < -0.4 is 10.9 Å². The molecule has 150 valence electrons. The monoisotopic (exact) mass is 415 g/mol. The summed E-state index contributed by atoms with van der Waals surface area (Å²) in [7, 11) is 0. The molecule has 5 rings (SSSR count). The molecule has 0 fully saturated rings. The molecule has 4 aromatic rings. The van der Waals surface area contributed by atoms with Gasteiger partial charge in [-0.1, -0.05) is 60.7 Å². The fraction of sp³-hybridized carbons (Fsp3) is 0.208. The van der Waals surface area contributed by atoms with Crippen molar-refractivity contribution in [1.29, 1.82) is 0 Å². The van der Waals surface area contributed by atoms with E-state index in [9.17, 15) is 9.59 Å². The topological polar surface area (TPSA) is 64.0 Å². The zero-order chi connectivity index (χ0) is 20.5. The maximum Gasteiger partial charge on any atom is 0.262 e. The van der Waals surface area contributed by atoms with Crippen molar-refractivity contribution in [3.8, 4) is 0 Å². The van der Waals surface area contributed by atoms with Gasteiger partial charge < -0.3 is 5.32 Å². The molecule has 0 atom stereocenters. The smallest absolute Gasteiger partial charge is 0.262 e. The first-order chi connectivity index (χ1) is 14.7. The molecule has 0 bridgehead atoms. The zero-order valence-corrected chi connectivity index (χ0v) is 17.2. The van der Waals surface area contributed by atoms with Gasteiger partial charge in [-0.15, -0.1) is 11.3 Å². The Kier molecular flexibility index (Phi) is 4.93. The van der Waals surface area contributed by atoms with Crippen LogP contribution in [0.25, 0.3) is 10.2 Å². The van der Waals surface area contributed by atoms with Gasteiger partial charge in [-0.2, -0.15) is 0 Å². The van der Waals surface area contributed by atoms with E-state index in [1.54, 1.807) is 11.3 Å². The van der Waals surface area contributed by atoms with Crippen LogP contribution in [0.2, 0.25) is 0 Å². The van der Waals surface area contributed by atoms with Crippen LogP contribution in [0.4, 0.5) is 0 Å². The molecule has 5 nitrogen and oxygen atoms in total. The minimum absolute atomic E-state index is 0.0530. The van der Waals surface area contributed by atoms with Crippen molar-refractivity contribution in [3.63, 3.8) is 0 Å². The van der Waals surface area contributed by atoms with Crippen LogP contribution >= 0.6 is 11.3 Å². The van der Waals surface area contributed by atoms with Crippen LogP contribution in [0.1, 0.15) is 34.0 Å². The van der Waals surface area contributed by atoms with Crippen molar-refractivity contribution in [3.05, 3.63) is 98.9 Å². The lowest BCUT2D eigenvalue weighted by molar-refractivity contribution is -0.122. The van der Waals surface area contributed by atoms with Gasteiger partial charge in [-0.05, 0) is 36.0 Å². The van der Waals surface area contributed by atoms with Gasteiger partial charge in [0.25, 0.3) is 5.56 Å². The average molecular weight is 416 g/mol. The van der Waals surface area contributed by atoms with Crippen molar-refractivity contribution < 1.29 is 4.79 Å². The number of nitrogens with one attached hydrogen (secondary N) is 1. The number of amides is 1. The summed E-state index contributed by atoms with van der Waals surface area (Å²) in [6.07, 6.45) is 4.52. The number of aryl methyl sites for hydroxylation is 2. The molecule has 2 heterocycles. The quantitative estimate of drug-likeness (QED) is 0.538. The van der Waals surface area contributed by atoms with E-state index in [-0.39, 0.29) is 24.1 Å². The fourth-order valence-corrected chi connectivity index (χ4v) is 5.36. The summed E-state index contributed by atoms with van der Waals surface area (Å²) < 4.78 is 1.43. The van der Waals surface area contributed by atoms with Crippen LogP contribution in [0.5, 0.6) is 0 Å². The van der Waals surface area contributed by atoms with E-state index in [1.807, 2.05) is 60.7 Å². The third-order valence-electron chi connectivity index (χ3n) is 5.58. The predicted octanol–water partition coefficient (Wildman–Crippen LogP) is 3.85. The summed E-state index contributed by atoms with van der Waals surface area (Å²) >= 11 is 1.61. The lowest BCUT2D eigenvalue weighted by atomic mass is 9.99. The molecule has 30 heavy (non-hydrogen) atoms. The SMILES string of the molecule is O=C(Cn1cnc2sc3c(c2c1=O)CCC3)NC(c1ccccc1)c1ccccc1. The Morgan fingerprint density at radius 1 is 1.03 bits per heavy atom. The second kappa shape index (κ2) is 7.88. The van der Waals surface area contributed by atoms with Crippen LogP contribution in [0.15, 0.2) is 71.8 Å². The number of hydrogen-bond acceptors (Lipinski definition) is 4. The standard InChI is InChI=1S/C24H21N3O2S/c28-20(26-22(16-8-3-1-4-9-16)17-10-5-2-6-11-17)14-27-15-25-23-21(24(27)29)18-12-7-13-19(18)30-23/h1-6,8-11,15,22H,7,12-14H2,(H,26,28). The van der Waals surface area contributed by atoms with Gasteiger partial charge in [-0.3, -0.25) is 14.2 Å². The van der Waals surface area contributed by atoms with Gasteiger partial charge in [-0.25, -0.2) is 4.98 Å². The Morgan fingerprint density at radius 2 is 1.70 bits per heavy atom. The van der Waals surface area contributed by atoms with E-state index in [1.165, 1.54) is 15.8 Å². The Hall–Kier alpha value is -3.25. The molecule has 2 aromatic heterocycles. The predicted molar refractivity (Wildman–Crippen MR) is 119 cm³/mol. The Balaban J connectivity index is 1.43. The van der Waals surface area contributed by atoms with Crippen molar-refractivity contribution >= 4 is 27.5 Å². The van der Waals surface area contributed by atoms with Gasteiger partial charge in [0.15, 0.2) is 0 Å². The van der Waals surface area contributed by atoms with Gasteiger partial charge >= 0.3 is 0 Å². The summed E-state index contributed by atoms with van der Waals surface area (Å²) in [5, 5.41) is 3.80. The number of nitrogens with zero attached hydrogens (tertiary/aromatic N) is 2. The normalized spacial score (nSPS) is 13.0. The van der Waals surface area contributed by atoms with Crippen molar-refractivity contribution in [2.24, 2.45) is 0 Å². The largest absolute Gasteiger partial charge is 0.344 e. The lowest BCUT2D eigenvalue weighted by Crippen LogP contribution is -2.35. The summed E-state index contributed by atoms with van der Waals surface area (Å²) in [4.78, 5) is 32.5. The van der Waals surface area contributed by atoms with E-state index >= 15 is 0 Å².